The van der Waals surface area contributed by atoms with Crippen LogP contribution in [-0.4, -0.2) is 32.5 Å². The summed E-state index contributed by atoms with van der Waals surface area (Å²) in [4.78, 5) is 19.8. The van der Waals surface area contributed by atoms with E-state index < -0.39 is 5.97 Å². The fourth-order valence-electron chi connectivity index (χ4n) is 3.37. The summed E-state index contributed by atoms with van der Waals surface area (Å²) in [5.74, 6) is -0.820. The molecule has 0 spiro atoms. The van der Waals surface area contributed by atoms with Gasteiger partial charge in [-0.25, -0.2) is 0 Å². The van der Waals surface area contributed by atoms with Crippen molar-refractivity contribution in [2.45, 2.75) is 13.1 Å². The van der Waals surface area contributed by atoms with Gasteiger partial charge in [0, 0.05) is 47.3 Å². The zero-order valence-corrected chi connectivity index (χ0v) is 13.7. The second kappa shape index (κ2) is 6.45. The average molecular weight is 333 g/mol. The van der Waals surface area contributed by atoms with Gasteiger partial charge in [0.25, 0.3) is 0 Å². The van der Waals surface area contributed by atoms with Crippen LogP contribution in [0.25, 0.3) is 21.8 Å². The van der Waals surface area contributed by atoms with Gasteiger partial charge in [-0.05, 0) is 23.3 Å². The van der Waals surface area contributed by atoms with Gasteiger partial charge >= 0.3 is 5.97 Å². The first-order chi connectivity index (χ1) is 12.2. The Morgan fingerprint density at radius 3 is 1.80 bits per heavy atom. The van der Waals surface area contributed by atoms with Crippen LogP contribution < -0.4 is 0 Å². The highest BCUT2D eigenvalue weighted by Gasteiger charge is 2.15. The molecule has 2 aromatic carbocycles. The third-order valence-electron chi connectivity index (χ3n) is 4.50. The Morgan fingerprint density at radius 2 is 1.32 bits per heavy atom. The Kier molecular flexibility index (Phi) is 3.99. The lowest BCUT2D eigenvalue weighted by Crippen LogP contribution is -2.28. The second-order valence-corrected chi connectivity index (χ2v) is 6.26. The van der Waals surface area contributed by atoms with Crippen LogP contribution in [0.1, 0.15) is 11.1 Å². The lowest BCUT2D eigenvalue weighted by molar-refractivity contribution is -0.138. The molecule has 3 N–H and O–H groups in total. The molecule has 0 aliphatic carbocycles. The van der Waals surface area contributed by atoms with Crippen molar-refractivity contribution in [3.8, 4) is 0 Å². The Labute approximate surface area is 144 Å². The van der Waals surface area contributed by atoms with Crippen LogP contribution in [0.5, 0.6) is 0 Å². The van der Waals surface area contributed by atoms with Gasteiger partial charge in [0.15, 0.2) is 0 Å². The van der Waals surface area contributed by atoms with Gasteiger partial charge in [-0.1, -0.05) is 36.4 Å². The summed E-state index contributed by atoms with van der Waals surface area (Å²) < 4.78 is 0. The molecule has 4 aromatic rings. The van der Waals surface area contributed by atoms with E-state index in [-0.39, 0.29) is 6.54 Å². The van der Waals surface area contributed by atoms with E-state index >= 15 is 0 Å². The molecule has 126 valence electrons. The van der Waals surface area contributed by atoms with Crippen molar-refractivity contribution in [1.29, 1.82) is 0 Å². The Balaban J connectivity index is 1.63. The maximum atomic E-state index is 11.3. The van der Waals surface area contributed by atoms with Crippen LogP contribution in [0.3, 0.4) is 0 Å². The number of hydrogen-bond donors (Lipinski definition) is 3. The monoisotopic (exact) mass is 333 g/mol. The van der Waals surface area contributed by atoms with Crippen LogP contribution in [-0.2, 0) is 17.9 Å². The van der Waals surface area contributed by atoms with E-state index in [1.54, 1.807) is 0 Å². The van der Waals surface area contributed by atoms with Crippen LogP contribution >= 0.6 is 0 Å². The molecular weight excluding hydrogens is 314 g/mol. The van der Waals surface area contributed by atoms with Crippen LogP contribution in [0.2, 0.25) is 0 Å². The first-order valence-electron chi connectivity index (χ1n) is 8.25. The van der Waals surface area contributed by atoms with Gasteiger partial charge < -0.3 is 15.1 Å². The van der Waals surface area contributed by atoms with Crippen LogP contribution in [0.15, 0.2) is 60.9 Å². The standard InChI is InChI=1S/C20H19N3O2/c24-20(25)13-23(11-14-9-21-18-7-3-1-5-16(14)18)12-15-10-22-19-8-4-2-6-17(15)19/h1-10,21-22H,11-13H2,(H,24,25). The van der Waals surface area contributed by atoms with E-state index in [0.29, 0.717) is 13.1 Å². The molecule has 5 nitrogen and oxygen atoms in total. The minimum Gasteiger partial charge on any atom is -0.480 e. The second-order valence-electron chi connectivity index (χ2n) is 6.26. The van der Waals surface area contributed by atoms with E-state index in [4.69, 9.17) is 0 Å². The molecule has 2 heterocycles. The lowest BCUT2D eigenvalue weighted by atomic mass is 10.1. The van der Waals surface area contributed by atoms with E-state index in [9.17, 15) is 9.90 Å². The number of rotatable bonds is 6. The number of benzene rings is 2. The molecule has 4 rings (SSSR count). The van der Waals surface area contributed by atoms with Crippen LogP contribution in [0, 0.1) is 0 Å². The molecule has 0 amide bonds. The first-order valence-corrected chi connectivity index (χ1v) is 8.25. The number of para-hydroxylation sites is 2. The molecule has 0 atom stereocenters. The number of nitrogens with one attached hydrogen (secondary N) is 2. The third kappa shape index (κ3) is 3.14. The van der Waals surface area contributed by atoms with E-state index in [0.717, 1.165) is 32.9 Å². The van der Waals surface area contributed by atoms with Crippen molar-refractivity contribution in [1.82, 2.24) is 14.9 Å². The van der Waals surface area contributed by atoms with Crippen molar-refractivity contribution in [3.05, 3.63) is 72.1 Å². The Hall–Kier alpha value is -3.05. The minimum absolute atomic E-state index is 0.000978. The number of fused-ring (bicyclic) bond motifs is 2. The quantitative estimate of drug-likeness (QED) is 0.503. The number of carbonyl (C=O) groups is 1. The number of aromatic nitrogens is 2. The molecule has 25 heavy (non-hydrogen) atoms. The number of aliphatic carboxylic acids is 1. The highest BCUT2D eigenvalue weighted by molar-refractivity contribution is 5.84. The summed E-state index contributed by atoms with van der Waals surface area (Å²) in [6.45, 7) is 1.16. The average Bonchev–Trinajstić information content (AvgIpc) is 3.20. The molecular formula is C20H19N3O2. The van der Waals surface area contributed by atoms with E-state index in [1.807, 2.05) is 53.7 Å². The molecule has 0 unspecified atom stereocenters. The fourth-order valence-corrected chi connectivity index (χ4v) is 3.37. The van der Waals surface area contributed by atoms with Gasteiger partial charge in [-0.2, -0.15) is 0 Å². The summed E-state index contributed by atoms with van der Waals surface area (Å²) in [5, 5.41) is 11.6. The van der Waals surface area contributed by atoms with Crippen molar-refractivity contribution in [2.24, 2.45) is 0 Å². The summed E-state index contributed by atoms with van der Waals surface area (Å²) >= 11 is 0. The third-order valence-corrected chi connectivity index (χ3v) is 4.50. The summed E-state index contributed by atoms with van der Waals surface area (Å²) in [5.41, 5.74) is 4.35. The largest absolute Gasteiger partial charge is 0.480 e. The zero-order chi connectivity index (χ0) is 17.2. The Bertz CT molecular complexity index is 955. The molecule has 0 aliphatic heterocycles. The summed E-state index contributed by atoms with van der Waals surface area (Å²) in [7, 11) is 0. The van der Waals surface area contributed by atoms with Crippen LogP contribution in [0.4, 0.5) is 0 Å². The van der Waals surface area contributed by atoms with Crippen molar-refractivity contribution >= 4 is 27.8 Å². The number of carboxylic acids is 1. The summed E-state index contributed by atoms with van der Waals surface area (Å²) in [6.07, 6.45) is 3.93. The van der Waals surface area contributed by atoms with Crippen molar-refractivity contribution in [2.75, 3.05) is 6.54 Å². The number of aromatic amines is 2. The van der Waals surface area contributed by atoms with Gasteiger partial charge in [-0.15, -0.1) is 0 Å². The number of nitrogens with zero attached hydrogens (tertiary/aromatic N) is 1. The number of H-pyrrole nitrogens is 2. The molecule has 0 radical (unpaired) electrons. The zero-order valence-electron chi connectivity index (χ0n) is 13.7. The number of hydrogen-bond acceptors (Lipinski definition) is 2. The van der Waals surface area contributed by atoms with Gasteiger partial charge in [0.1, 0.15) is 0 Å². The Morgan fingerprint density at radius 1 is 0.840 bits per heavy atom. The van der Waals surface area contributed by atoms with Gasteiger partial charge in [0.2, 0.25) is 0 Å². The normalized spacial score (nSPS) is 11.6. The smallest absolute Gasteiger partial charge is 0.317 e. The highest BCUT2D eigenvalue weighted by Crippen LogP contribution is 2.23. The van der Waals surface area contributed by atoms with Gasteiger partial charge in [0.05, 0.1) is 6.54 Å². The van der Waals surface area contributed by atoms with Crippen molar-refractivity contribution < 1.29 is 9.90 Å². The lowest BCUT2D eigenvalue weighted by Gasteiger charge is -2.19. The fraction of sp³-hybridized carbons (Fsp3) is 0.150. The minimum atomic E-state index is -0.820. The van der Waals surface area contributed by atoms with Gasteiger partial charge in [-0.3, -0.25) is 9.69 Å². The first kappa shape index (κ1) is 15.5. The number of carboxylic acid groups (broad SMARTS) is 1. The van der Waals surface area contributed by atoms with E-state index in [2.05, 4.69) is 22.1 Å². The molecule has 0 saturated heterocycles. The molecule has 2 aromatic heterocycles. The highest BCUT2D eigenvalue weighted by atomic mass is 16.4. The summed E-state index contributed by atoms with van der Waals surface area (Å²) in [6, 6.07) is 16.2. The maximum Gasteiger partial charge on any atom is 0.317 e. The molecule has 0 saturated carbocycles. The predicted molar refractivity (Wildman–Crippen MR) is 98.3 cm³/mol. The molecule has 5 heteroatoms. The molecule has 0 fully saturated rings. The SMILES string of the molecule is O=C(O)CN(Cc1c[nH]c2ccccc12)Cc1c[nH]c2ccccc12. The molecule has 0 aliphatic rings. The van der Waals surface area contributed by atoms with E-state index in [1.165, 1.54) is 0 Å². The topological polar surface area (TPSA) is 72.1 Å². The predicted octanol–water partition coefficient (Wildman–Crippen LogP) is 3.74. The molecule has 0 bridgehead atoms. The van der Waals surface area contributed by atoms with Crippen molar-refractivity contribution in [3.63, 3.8) is 0 Å². The maximum absolute atomic E-state index is 11.3.